The second kappa shape index (κ2) is 8.60. The number of hydrogen-bond donors (Lipinski definition) is 0. The molecule has 88 valence electrons. The summed E-state index contributed by atoms with van der Waals surface area (Å²) in [6, 6.07) is 21.4. The quantitative estimate of drug-likeness (QED) is 0.410. The molecule has 17 heavy (non-hydrogen) atoms. The van der Waals surface area contributed by atoms with E-state index in [1.807, 2.05) is 28.2 Å². The summed E-state index contributed by atoms with van der Waals surface area (Å²) < 4.78 is 2.93. The van der Waals surface area contributed by atoms with Crippen molar-refractivity contribution in [2.45, 2.75) is 0 Å². The van der Waals surface area contributed by atoms with Gasteiger partial charge in [-0.1, -0.05) is 0 Å². The topological polar surface area (TPSA) is 0 Å². The zero-order valence-electron chi connectivity index (χ0n) is 8.81. The van der Waals surface area contributed by atoms with Crippen molar-refractivity contribution in [3.63, 3.8) is 0 Å². The Bertz CT molecular complexity index is 381. The monoisotopic (exact) mass is 410 g/mol. The van der Waals surface area contributed by atoms with Crippen LogP contribution in [-0.4, -0.2) is 27.7 Å². The Morgan fingerprint density at radius 1 is 0.588 bits per heavy atom. The van der Waals surface area contributed by atoms with Crippen LogP contribution in [0.4, 0.5) is 0 Å². The molecule has 0 N–H and O–H groups in total. The standard InChI is InChI=1S/C12H10S3Se2/c1-3-7-11(8-4-1)16-14-13-15-17-12-9-5-2-6-10-12/h1-10H. The van der Waals surface area contributed by atoms with Gasteiger partial charge in [-0.25, -0.2) is 0 Å². The van der Waals surface area contributed by atoms with Crippen LogP contribution in [0.1, 0.15) is 0 Å². The van der Waals surface area contributed by atoms with Crippen LogP contribution in [0.25, 0.3) is 0 Å². The molecule has 5 heteroatoms. The molecule has 0 fully saturated rings. The molecular weight excluding hydrogens is 398 g/mol. The SMILES string of the molecule is c1ccc([Se]SSS[Se]c2ccccc2)cc1. The van der Waals surface area contributed by atoms with E-state index in [-0.39, 0.29) is 0 Å². The molecule has 0 heterocycles. The average Bonchev–Trinajstić information content (AvgIpc) is 2.41. The Balaban J connectivity index is 1.61. The van der Waals surface area contributed by atoms with E-state index in [0.717, 1.165) is 0 Å². The molecule has 0 aliphatic carbocycles. The molecule has 0 saturated heterocycles. The minimum absolute atomic E-state index is 0.533. The van der Waals surface area contributed by atoms with Crippen molar-refractivity contribution in [1.82, 2.24) is 0 Å². The third-order valence-electron chi connectivity index (χ3n) is 1.80. The molecule has 0 amide bonds. The summed E-state index contributed by atoms with van der Waals surface area (Å²) in [4.78, 5) is 0. The van der Waals surface area contributed by atoms with Gasteiger partial charge in [0.1, 0.15) is 0 Å². The Labute approximate surface area is 124 Å². The van der Waals surface area contributed by atoms with Gasteiger partial charge in [0.05, 0.1) is 0 Å². The van der Waals surface area contributed by atoms with Gasteiger partial charge < -0.3 is 0 Å². The van der Waals surface area contributed by atoms with Crippen molar-refractivity contribution < 1.29 is 0 Å². The molecule has 0 aliphatic rings. The Morgan fingerprint density at radius 3 is 1.41 bits per heavy atom. The van der Waals surface area contributed by atoms with Crippen LogP contribution in [0.5, 0.6) is 0 Å². The van der Waals surface area contributed by atoms with Crippen LogP contribution in [0.3, 0.4) is 0 Å². The van der Waals surface area contributed by atoms with Crippen LogP contribution in [-0.2, 0) is 0 Å². The van der Waals surface area contributed by atoms with E-state index in [2.05, 4.69) is 60.7 Å². The first-order chi connectivity index (χ1) is 8.45. The summed E-state index contributed by atoms with van der Waals surface area (Å²) in [5, 5.41) is 0. The number of rotatable bonds is 6. The fraction of sp³-hybridized carbons (Fsp3) is 0. The number of hydrogen-bond acceptors (Lipinski definition) is 3. The first kappa shape index (κ1) is 13.9. The van der Waals surface area contributed by atoms with Crippen LogP contribution in [0.2, 0.25) is 0 Å². The summed E-state index contributed by atoms with van der Waals surface area (Å²) in [5.41, 5.74) is 0. The fourth-order valence-electron chi connectivity index (χ4n) is 1.07. The zero-order valence-corrected chi connectivity index (χ0v) is 14.7. The molecule has 0 nitrogen and oxygen atoms in total. The van der Waals surface area contributed by atoms with Crippen molar-refractivity contribution in [1.29, 1.82) is 0 Å². The third-order valence-corrected chi connectivity index (χ3v) is 16.6. The van der Waals surface area contributed by atoms with Gasteiger partial charge in [-0.15, -0.1) is 0 Å². The van der Waals surface area contributed by atoms with Gasteiger partial charge >= 0.3 is 126 Å². The molecule has 0 saturated carbocycles. The van der Waals surface area contributed by atoms with Gasteiger partial charge in [0.15, 0.2) is 0 Å². The molecule has 2 aromatic rings. The number of benzene rings is 2. The molecule has 2 rings (SSSR count). The van der Waals surface area contributed by atoms with Gasteiger partial charge in [-0.3, -0.25) is 0 Å². The van der Waals surface area contributed by atoms with E-state index >= 15 is 0 Å². The Hall–Kier alpha value is 0.529. The molecule has 0 unspecified atom stereocenters. The first-order valence-corrected chi connectivity index (χ1v) is 14.1. The first-order valence-electron chi connectivity index (χ1n) is 4.90. The Morgan fingerprint density at radius 2 is 1.00 bits per heavy atom. The second-order valence-corrected chi connectivity index (χ2v) is 15.4. The van der Waals surface area contributed by atoms with Crippen molar-refractivity contribution in [3.05, 3.63) is 60.7 Å². The molecule has 0 atom stereocenters. The maximum atomic E-state index is 2.21. The van der Waals surface area contributed by atoms with Crippen molar-refractivity contribution >= 4 is 64.8 Å². The molecule has 0 bridgehead atoms. The predicted octanol–water partition coefficient (Wildman–Crippen LogP) is 2.91. The average molecular weight is 408 g/mol. The molecular formula is C12H10S3Se2. The van der Waals surface area contributed by atoms with Crippen molar-refractivity contribution in [3.8, 4) is 0 Å². The van der Waals surface area contributed by atoms with E-state index in [1.54, 1.807) is 0 Å². The molecule has 0 radical (unpaired) electrons. The summed E-state index contributed by atoms with van der Waals surface area (Å²) in [6.07, 6.45) is 0. The van der Waals surface area contributed by atoms with Crippen LogP contribution < -0.4 is 8.92 Å². The summed E-state index contributed by atoms with van der Waals surface area (Å²) in [7, 11) is 5.90. The van der Waals surface area contributed by atoms with Gasteiger partial charge in [-0.05, 0) is 0 Å². The maximum absolute atomic E-state index is 2.21. The molecule has 0 aliphatic heterocycles. The normalized spacial score (nSPS) is 10.4. The summed E-state index contributed by atoms with van der Waals surface area (Å²) in [5.74, 6) is 0. The van der Waals surface area contributed by atoms with Crippen LogP contribution in [0.15, 0.2) is 60.7 Å². The van der Waals surface area contributed by atoms with Gasteiger partial charge in [0.25, 0.3) is 0 Å². The minimum atomic E-state index is 0.533. The fourth-order valence-corrected chi connectivity index (χ4v) is 19.1. The van der Waals surface area contributed by atoms with E-state index < -0.39 is 0 Å². The van der Waals surface area contributed by atoms with E-state index in [9.17, 15) is 0 Å². The van der Waals surface area contributed by atoms with E-state index in [4.69, 9.17) is 0 Å². The summed E-state index contributed by atoms with van der Waals surface area (Å²) in [6.45, 7) is 0. The molecule has 0 spiro atoms. The van der Waals surface area contributed by atoms with Gasteiger partial charge in [0.2, 0.25) is 0 Å². The Kier molecular flexibility index (Phi) is 7.06. The van der Waals surface area contributed by atoms with Gasteiger partial charge in [0, 0.05) is 0 Å². The third kappa shape index (κ3) is 5.80. The molecule has 2 aromatic carbocycles. The molecule has 0 aromatic heterocycles. The summed E-state index contributed by atoms with van der Waals surface area (Å²) >= 11 is 1.07. The van der Waals surface area contributed by atoms with Crippen LogP contribution >= 0.6 is 28.2 Å². The second-order valence-electron chi connectivity index (χ2n) is 3.00. The van der Waals surface area contributed by atoms with Crippen LogP contribution in [0, 0.1) is 0 Å². The van der Waals surface area contributed by atoms with Gasteiger partial charge in [-0.2, -0.15) is 0 Å². The van der Waals surface area contributed by atoms with E-state index in [1.165, 1.54) is 8.92 Å². The predicted molar refractivity (Wildman–Crippen MR) is 86.4 cm³/mol. The van der Waals surface area contributed by atoms with E-state index in [0.29, 0.717) is 27.7 Å². The van der Waals surface area contributed by atoms with Crippen molar-refractivity contribution in [2.24, 2.45) is 0 Å². The zero-order chi connectivity index (χ0) is 11.8. The van der Waals surface area contributed by atoms with Crippen molar-refractivity contribution in [2.75, 3.05) is 0 Å².